The van der Waals surface area contributed by atoms with E-state index in [1.54, 1.807) is 12.1 Å². The average molecular weight is 331 g/mol. The number of benzene rings is 1. The first-order valence-corrected chi connectivity index (χ1v) is 7.42. The second kappa shape index (κ2) is 10.4. The van der Waals surface area contributed by atoms with Crippen LogP contribution in [0.4, 0.5) is 0 Å². The Morgan fingerprint density at radius 1 is 1.41 bits per heavy atom. The number of amides is 1. The van der Waals surface area contributed by atoms with Crippen molar-refractivity contribution in [3.63, 3.8) is 0 Å². The van der Waals surface area contributed by atoms with Crippen molar-refractivity contribution in [2.45, 2.75) is 51.9 Å². The van der Waals surface area contributed by atoms with Crippen LogP contribution >= 0.6 is 12.4 Å². The molecule has 1 aromatic carbocycles. The summed E-state index contributed by atoms with van der Waals surface area (Å²) in [4.78, 5) is 11.7. The van der Waals surface area contributed by atoms with Gasteiger partial charge in [-0.2, -0.15) is 0 Å². The summed E-state index contributed by atoms with van der Waals surface area (Å²) in [5.41, 5.74) is 6.42. The van der Waals surface area contributed by atoms with Crippen LogP contribution in [0.5, 0.6) is 5.75 Å². The summed E-state index contributed by atoms with van der Waals surface area (Å²) in [7, 11) is 0. The van der Waals surface area contributed by atoms with Gasteiger partial charge in [0.25, 0.3) is 0 Å². The van der Waals surface area contributed by atoms with Gasteiger partial charge in [0, 0.05) is 6.54 Å². The third-order valence-corrected chi connectivity index (χ3v) is 3.02. The number of halogens is 1. The van der Waals surface area contributed by atoms with Gasteiger partial charge in [0.1, 0.15) is 5.75 Å². The smallest absolute Gasteiger partial charge is 0.237 e. The van der Waals surface area contributed by atoms with Gasteiger partial charge in [-0.1, -0.05) is 25.5 Å². The predicted molar refractivity (Wildman–Crippen MR) is 90.3 cm³/mol. The first kappa shape index (κ1) is 20.7. The maximum absolute atomic E-state index is 11.7. The van der Waals surface area contributed by atoms with Gasteiger partial charge in [-0.15, -0.1) is 12.4 Å². The average Bonchev–Trinajstić information content (AvgIpc) is 2.44. The second-order valence-corrected chi connectivity index (χ2v) is 5.40. The molecule has 1 aromatic rings. The minimum absolute atomic E-state index is 0. The molecular formula is C16H27ClN2O3. The molecule has 0 radical (unpaired) electrons. The summed E-state index contributed by atoms with van der Waals surface area (Å²) in [5, 5.41) is 12.8. The molecule has 22 heavy (non-hydrogen) atoms. The number of nitrogens with two attached hydrogens (primary N) is 1. The topological polar surface area (TPSA) is 84.6 Å². The van der Waals surface area contributed by atoms with E-state index in [9.17, 15) is 9.90 Å². The highest BCUT2D eigenvalue weighted by Crippen LogP contribution is 2.19. The zero-order valence-corrected chi connectivity index (χ0v) is 14.2. The van der Waals surface area contributed by atoms with Gasteiger partial charge in [-0.05, 0) is 38.0 Å². The molecule has 0 aliphatic rings. The van der Waals surface area contributed by atoms with Crippen molar-refractivity contribution in [1.82, 2.24) is 5.32 Å². The number of ether oxygens (including phenoxy) is 1. The fourth-order valence-electron chi connectivity index (χ4n) is 1.96. The Labute approximate surface area is 138 Å². The lowest BCUT2D eigenvalue weighted by molar-refractivity contribution is -0.123. The molecule has 1 rings (SSSR count). The summed E-state index contributed by atoms with van der Waals surface area (Å²) in [6.45, 7) is 6.00. The highest BCUT2D eigenvalue weighted by Gasteiger charge is 2.15. The van der Waals surface area contributed by atoms with E-state index in [1.165, 1.54) is 0 Å². The predicted octanol–water partition coefficient (Wildman–Crippen LogP) is 2.17. The Balaban J connectivity index is 0.00000441. The lowest BCUT2D eigenvalue weighted by Crippen LogP contribution is -2.42. The molecule has 5 nitrogen and oxygen atoms in total. The van der Waals surface area contributed by atoms with Crippen molar-refractivity contribution >= 4 is 18.3 Å². The number of aliphatic hydroxyl groups is 1. The summed E-state index contributed by atoms with van der Waals surface area (Å²) in [6.07, 6.45) is 0.786. The minimum Gasteiger partial charge on any atom is -0.491 e. The molecule has 0 saturated heterocycles. The van der Waals surface area contributed by atoms with Gasteiger partial charge < -0.3 is 20.9 Å². The van der Waals surface area contributed by atoms with E-state index >= 15 is 0 Å². The van der Waals surface area contributed by atoms with E-state index in [4.69, 9.17) is 10.5 Å². The minimum atomic E-state index is -0.779. The molecular weight excluding hydrogens is 304 g/mol. The van der Waals surface area contributed by atoms with Crippen molar-refractivity contribution in [3.05, 3.63) is 29.8 Å². The fraction of sp³-hybridized carbons (Fsp3) is 0.562. The van der Waals surface area contributed by atoms with E-state index in [0.717, 1.165) is 6.42 Å². The number of carbonyl (C=O) groups is 1. The van der Waals surface area contributed by atoms with E-state index in [0.29, 0.717) is 17.7 Å². The summed E-state index contributed by atoms with van der Waals surface area (Å²) < 4.78 is 5.58. The van der Waals surface area contributed by atoms with Crippen LogP contribution in [0.3, 0.4) is 0 Å². The molecule has 1 amide bonds. The third-order valence-electron chi connectivity index (χ3n) is 3.02. The molecule has 0 fully saturated rings. The van der Waals surface area contributed by atoms with Gasteiger partial charge in [0.2, 0.25) is 5.91 Å². The number of hydrogen-bond donors (Lipinski definition) is 3. The molecule has 2 atom stereocenters. The van der Waals surface area contributed by atoms with Crippen molar-refractivity contribution < 1.29 is 14.6 Å². The van der Waals surface area contributed by atoms with Crippen LogP contribution in [0.2, 0.25) is 0 Å². The standard InChI is InChI=1S/C16H26N2O3.ClH/c1-4-6-14(17)16(20)18-10-15(19)12-7-5-8-13(9-12)21-11(2)3;/h5,7-9,11,14-15,19H,4,6,10,17H2,1-3H3,(H,18,20);1H. The fourth-order valence-corrected chi connectivity index (χ4v) is 1.96. The lowest BCUT2D eigenvalue weighted by Gasteiger charge is -2.16. The van der Waals surface area contributed by atoms with Crippen LogP contribution < -0.4 is 15.8 Å². The quantitative estimate of drug-likeness (QED) is 0.682. The molecule has 0 bridgehead atoms. The highest BCUT2D eigenvalue weighted by molar-refractivity contribution is 5.85. The Kier molecular flexibility index (Phi) is 9.81. The summed E-state index contributed by atoms with van der Waals surface area (Å²) in [6, 6.07) is 6.73. The third kappa shape index (κ3) is 7.11. The number of aliphatic hydroxyl groups excluding tert-OH is 1. The summed E-state index contributed by atoms with van der Waals surface area (Å²) in [5.74, 6) is 0.473. The zero-order valence-electron chi connectivity index (χ0n) is 13.4. The van der Waals surface area contributed by atoms with Gasteiger partial charge in [-0.3, -0.25) is 4.79 Å². The first-order chi connectivity index (χ1) is 9.93. The van der Waals surface area contributed by atoms with E-state index in [1.807, 2.05) is 32.9 Å². The molecule has 0 heterocycles. The molecule has 126 valence electrons. The highest BCUT2D eigenvalue weighted by atomic mass is 35.5. The number of rotatable bonds is 8. The monoisotopic (exact) mass is 330 g/mol. The van der Waals surface area contributed by atoms with Crippen LogP contribution in [0.1, 0.15) is 45.3 Å². The molecule has 6 heteroatoms. The zero-order chi connectivity index (χ0) is 15.8. The second-order valence-electron chi connectivity index (χ2n) is 5.40. The van der Waals surface area contributed by atoms with Gasteiger partial charge in [0.05, 0.1) is 18.2 Å². The van der Waals surface area contributed by atoms with Crippen LogP contribution in [0.15, 0.2) is 24.3 Å². The van der Waals surface area contributed by atoms with Gasteiger partial charge in [-0.25, -0.2) is 0 Å². The van der Waals surface area contributed by atoms with Crippen molar-refractivity contribution in [2.24, 2.45) is 5.73 Å². The van der Waals surface area contributed by atoms with Crippen molar-refractivity contribution in [2.75, 3.05) is 6.54 Å². The molecule has 0 spiro atoms. The van der Waals surface area contributed by atoms with Gasteiger partial charge >= 0.3 is 0 Å². The lowest BCUT2D eigenvalue weighted by atomic mass is 10.1. The normalized spacial score (nSPS) is 13.2. The first-order valence-electron chi connectivity index (χ1n) is 7.42. The number of nitrogens with one attached hydrogen (secondary N) is 1. The van der Waals surface area contributed by atoms with E-state index in [-0.39, 0.29) is 31.0 Å². The van der Waals surface area contributed by atoms with E-state index in [2.05, 4.69) is 5.32 Å². The largest absolute Gasteiger partial charge is 0.491 e. The number of carbonyl (C=O) groups excluding carboxylic acids is 1. The van der Waals surface area contributed by atoms with Gasteiger partial charge in [0.15, 0.2) is 0 Å². The van der Waals surface area contributed by atoms with Crippen LogP contribution in [-0.2, 0) is 4.79 Å². The maximum atomic E-state index is 11.7. The Bertz CT molecular complexity index is 455. The van der Waals surface area contributed by atoms with E-state index < -0.39 is 12.1 Å². The molecule has 0 aromatic heterocycles. The van der Waals surface area contributed by atoms with Crippen LogP contribution in [0, 0.1) is 0 Å². The van der Waals surface area contributed by atoms with Crippen LogP contribution in [0.25, 0.3) is 0 Å². The SMILES string of the molecule is CCCC(N)C(=O)NCC(O)c1cccc(OC(C)C)c1.Cl. The molecule has 0 aliphatic heterocycles. The maximum Gasteiger partial charge on any atom is 0.237 e. The number of hydrogen-bond acceptors (Lipinski definition) is 4. The van der Waals surface area contributed by atoms with Crippen molar-refractivity contribution in [1.29, 1.82) is 0 Å². The molecule has 0 saturated carbocycles. The molecule has 4 N–H and O–H groups in total. The van der Waals surface area contributed by atoms with Crippen LogP contribution in [-0.4, -0.2) is 29.7 Å². The molecule has 2 unspecified atom stereocenters. The summed E-state index contributed by atoms with van der Waals surface area (Å²) >= 11 is 0. The Morgan fingerprint density at radius 3 is 2.68 bits per heavy atom. The Morgan fingerprint density at radius 2 is 2.09 bits per heavy atom. The van der Waals surface area contributed by atoms with Crippen molar-refractivity contribution in [3.8, 4) is 5.75 Å². The Hall–Kier alpha value is -1.30. The molecule has 0 aliphatic carbocycles.